The van der Waals surface area contributed by atoms with E-state index in [1.165, 1.54) is 19.3 Å². The Labute approximate surface area is 128 Å². The SMILES string of the molecule is C#CCO[C@H]1C(OC)[C@@H](COC)O[C@H]1C1C=CC(=O)NC1=O. The number of carbonyl (C=O) groups excluding carboxylic acids is 2. The zero-order chi connectivity index (χ0) is 16.1. The maximum atomic E-state index is 12.0. The van der Waals surface area contributed by atoms with Gasteiger partial charge in [-0.3, -0.25) is 14.9 Å². The molecule has 2 unspecified atom stereocenters. The first-order valence-electron chi connectivity index (χ1n) is 6.87. The average Bonchev–Trinajstić information content (AvgIpc) is 2.83. The van der Waals surface area contributed by atoms with E-state index in [4.69, 9.17) is 25.4 Å². The summed E-state index contributed by atoms with van der Waals surface area (Å²) in [5, 5.41) is 2.25. The third-order valence-corrected chi connectivity index (χ3v) is 3.67. The molecule has 2 amide bonds. The van der Waals surface area contributed by atoms with Crippen molar-refractivity contribution in [1.29, 1.82) is 0 Å². The lowest BCUT2D eigenvalue weighted by Crippen LogP contribution is -2.47. The third kappa shape index (κ3) is 3.36. The Morgan fingerprint density at radius 1 is 1.36 bits per heavy atom. The van der Waals surface area contributed by atoms with Gasteiger partial charge in [-0.15, -0.1) is 6.42 Å². The largest absolute Gasteiger partial charge is 0.382 e. The fraction of sp³-hybridized carbons (Fsp3) is 0.600. The highest BCUT2D eigenvalue weighted by atomic mass is 16.6. The summed E-state index contributed by atoms with van der Waals surface area (Å²) in [4.78, 5) is 23.3. The van der Waals surface area contributed by atoms with E-state index in [-0.39, 0.29) is 12.7 Å². The molecule has 0 aliphatic carbocycles. The van der Waals surface area contributed by atoms with Gasteiger partial charge >= 0.3 is 0 Å². The summed E-state index contributed by atoms with van der Waals surface area (Å²) >= 11 is 0. The van der Waals surface area contributed by atoms with Crippen molar-refractivity contribution < 1.29 is 28.5 Å². The van der Waals surface area contributed by atoms with E-state index in [1.807, 2.05) is 0 Å². The molecule has 0 aromatic heterocycles. The second-order valence-corrected chi connectivity index (χ2v) is 5.01. The predicted octanol–water partition coefficient (Wildman–Crippen LogP) is -0.738. The van der Waals surface area contributed by atoms with Crippen LogP contribution in [-0.4, -0.2) is 63.7 Å². The molecule has 0 saturated carbocycles. The first-order valence-corrected chi connectivity index (χ1v) is 6.87. The fourth-order valence-electron chi connectivity index (χ4n) is 2.75. The van der Waals surface area contributed by atoms with Crippen molar-refractivity contribution in [3.63, 3.8) is 0 Å². The molecule has 2 heterocycles. The van der Waals surface area contributed by atoms with Crippen LogP contribution in [0.2, 0.25) is 0 Å². The molecule has 1 fully saturated rings. The zero-order valence-electron chi connectivity index (χ0n) is 12.5. The lowest BCUT2D eigenvalue weighted by molar-refractivity contribution is -0.136. The Kier molecular flexibility index (Phi) is 5.69. The minimum absolute atomic E-state index is 0.0705. The zero-order valence-corrected chi connectivity index (χ0v) is 12.5. The number of nitrogens with one attached hydrogen (secondary N) is 1. The van der Waals surface area contributed by atoms with Crippen LogP contribution in [0.1, 0.15) is 0 Å². The molecule has 7 nitrogen and oxygen atoms in total. The first kappa shape index (κ1) is 16.6. The van der Waals surface area contributed by atoms with Crippen LogP contribution in [0.15, 0.2) is 12.2 Å². The van der Waals surface area contributed by atoms with Crippen LogP contribution in [0, 0.1) is 18.3 Å². The van der Waals surface area contributed by atoms with E-state index in [1.54, 1.807) is 7.11 Å². The van der Waals surface area contributed by atoms with Crippen LogP contribution in [0.5, 0.6) is 0 Å². The van der Waals surface area contributed by atoms with Crippen molar-refractivity contribution in [2.45, 2.75) is 24.4 Å². The van der Waals surface area contributed by atoms with Gasteiger partial charge in [-0.2, -0.15) is 0 Å². The number of hydrogen-bond acceptors (Lipinski definition) is 6. The summed E-state index contributed by atoms with van der Waals surface area (Å²) in [5.41, 5.74) is 0. The van der Waals surface area contributed by atoms with Crippen molar-refractivity contribution in [2.75, 3.05) is 27.4 Å². The number of imide groups is 1. The number of amides is 2. The maximum absolute atomic E-state index is 12.0. The van der Waals surface area contributed by atoms with E-state index < -0.39 is 36.0 Å². The van der Waals surface area contributed by atoms with Crippen LogP contribution in [0.3, 0.4) is 0 Å². The minimum Gasteiger partial charge on any atom is -0.382 e. The molecule has 5 atom stereocenters. The normalized spacial score (nSPS) is 34.5. The van der Waals surface area contributed by atoms with Gasteiger partial charge in [0.1, 0.15) is 31.0 Å². The Morgan fingerprint density at radius 3 is 2.73 bits per heavy atom. The Hall–Kier alpha value is -1.72. The summed E-state index contributed by atoms with van der Waals surface area (Å²) in [6.45, 7) is 0.364. The van der Waals surface area contributed by atoms with Gasteiger partial charge < -0.3 is 18.9 Å². The summed E-state index contributed by atoms with van der Waals surface area (Å²) in [6, 6.07) is 0. The lowest BCUT2D eigenvalue weighted by Gasteiger charge is -2.27. The van der Waals surface area contributed by atoms with Gasteiger partial charge in [0.05, 0.1) is 12.5 Å². The quantitative estimate of drug-likeness (QED) is 0.514. The lowest BCUT2D eigenvalue weighted by atomic mass is 9.93. The molecule has 2 rings (SSSR count). The Morgan fingerprint density at radius 2 is 2.14 bits per heavy atom. The smallest absolute Gasteiger partial charge is 0.250 e. The van der Waals surface area contributed by atoms with Crippen molar-refractivity contribution in [3.8, 4) is 12.3 Å². The average molecular weight is 309 g/mol. The topological polar surface area (TPSA) is 83.1 Å². The van der Waals surface area contributed by atoms with Crippen molar-refractivity contribution >= 4 is 11.8 Å². The summed E-state index contributed by atoms with van der Waals surface area (Å²) in [5.74, 6) is 0.860. The fourth-order valence-corrected chi connectivity index (χ4v) is 2.75. The number of ether oxygens (including phenoxy) is 4. The molecule has 0 aromatic carbocycles. The monoisotopic (exact) mass is 309 g/mol. The highest BCUT2D eigenvalue weighted by Gasteiger charge is 2.50. The van der Waals surface area contributed by atoms with E-state index in [2.05, 4.69) is 11.2 Å². The van der Waals surface area contributed by atoms with Crippen LogP contribution >= 0.6 is 0 Å². The minimum atomic E-state index is -0.653. The van der Waals surface area contributed by atoms with E-state index in [0.29, 0.717) is 6.61 Å². The number of hydrogen-bond donors (Lipinski definition) is 1. The van der Waals surface area contributed by atoms with Crippen molar-refractivity contribution in [1.82, 2.24) is 5.32 Å². The second kappa shape index (κ2) is 7.51. The Balaban J connectivity index is 2.22. The maximum Gasteiger partial charge on any atom is 0.250 e. The number of methoxy groups -OCH3 is 2. The van der Waals surface area contributed by atoms with Crippen LogP contribution < -0.4 is 5.32 Å². The molecular formula is C15H19NO6. The van der Waals surface area contributed by atoms with Gasteiger partial charge in [0.25, 0.3) is 0 Å². The van der Waals surface area contributed by atoms with Crippen LogP contribution in [0.4, 0.5) is 0 Å². The molecule has 1 saturated heterocycles. The molecule has 7 heteroatoms. The number of terminal acetylenes is 1. The molecule has 0 spiro atoms. The van der Waals surface area contributed by atoms with E-state index in [0.717, 1.165) is 0 Å². The molecule has 22 heavy (non-hydrogen) atoms. The van der Waals surface area contributed by atoms with Crippen molar-refractivity contribution in [3.05, 3.63) is 12.2 Å². The van der Waals surface area contributed by atoms with E-state index >= 15 is 0 Å². The Bertz CT molecular complexity index is 497. The van der Waals surface area contributed by atoms with Gasteiger partial charge in [0, 0.05) is 20.3 Å². The highest BCUT2D eigenvalue weighted by molar-refractivity contribution is 6.05. The van der Waals surface area contributed by atoms with Crippen LogP contribution in [0.25, 0.3) is 0 Å². The van der Waals surface area contributed by atoms with Gasteiger partial charge in [-0.05, 0) is 0 Å². The molecule has 2 aliphatic heterocycles. The highest BCUT2D eigenvalue weighted by Crippen LogP contribution is 2.32. The summed E-state index contributed by atoms with van der Waals surface area (Å²) in [6.07, 6.45) is 6.11. The molecule has 2 aliphatic rings. The van der Waals surface area contributed by atoms with Gasteiger partial charge in [0.2, 0.25) is 11.8 Å². The summed E-state index contributed by atoms with van der Waals surface area (Å²) < 4.78 is 22.1. The first-order chi connectivity index (χ1) is 10.6. The van der Waals surface area contributed by atoms with E-state index in [9.17, 15) is 9.59 Å². The number of rotatable bonds is 6. The van der Waals surface area contributed by atoms with Gasteiger partial charge in [-0.25, -0.2) is 0 Å². The van der Waals surface area contributed by atoms with Gasteiger partial charge in [0.15, 0.2) is 0 Å². The second-order valence-electron chi connectivity index (χ2n) is 5.01. The van der Waals surface area contributed by atoms with Gasteiger partial charge in [-0.1, -0.05) is 12.0 Å². The number of carbonyl (C=O) groups is 2. The molecule has 120 valence electrons. The molecule has 0 radical (unpaired) electrons. The summed E-state index contributed by atoms with van der Waals surface area (Å²) in [7, 11) is 3.08. The van der Waals surface area contributed by atoms with Crippen LogP contribution in [-0.2, 0) is 28.5 Å². The predicted molar refractivity (Wildman–Crippen MR) is 75.7 cm³/mol. The molecule has 0 aromatic rings. The molecule has 1 N–H and O–H groups in total. The molecular weight excluding hydrogens is 290 g/mol. The standard InChI is InChI=1S/C15H19NO6/c1-4-7-21-14-12(9-5-6-11(17)16-15(9)18)22-10(8-19-2)13(14)20-3/h1,5-6,9-10,12-14H,7-8H2,2-3H3,(H,16,17,18)/t9?,10-,12+,13?,14-/m1/s1. The molecule has 0 bridgehead atoms. The third-order valence-electron chi connectivity index (χ3n) is 3.67. The van der Waals surface area contributed by atoms with Crippen molar-refractivity contribution in [2.24, 2.45) is 5.92 Å².